The van der Waals surface area contributed by atoms with Crippen LogP contribution >= 0.6 is 11.6 Å². The number of hydrogen-bond donors (Lipinski definition) is 1. The molecule has 3 rings (SSSR count). The van der Waals surface area contributed by atoms with Gasteiger partial charge in [0.1, 0.15) is 0 Å². The van der Waals surface area contributed by atoms with E-state index in [2.05, 4.69) is 0 Å². The lowest BCUT2D eigenvalue weighted by Gasteiger charge is -2.33. The first-order valence-corrected chi connectivity index (χ1v) is 10.2. The van der Waals surface area contributed by atoms with E-state index in [0.717, 1.165) is 37.9 Å². The average Bonchev–Trinajstić information content (AvgIpc) is 2.71. The van der Waals surface area contributed by atoms with Crippen molar-refractivity contribution in [2.24, 2.45) is 0 Å². The number of amides is 1. The second kappa shape index (κ2) is 10.1. The topological polar surface area (TPSA) is 59.0 Å². The summed E-state index contributed by atoms with van der Waals surface area (Å²) in [6.45, 7) is 2.23. The molecule has 2 atom stereocenters. The molecule has 2 aliphatic rings. The SMILES string of the molecule is O=C(C1=C[C@@H](c2ccc(Cl)cc2)C[C@@H](OCCCCO)O1)N1CCCCC1. The first-order chi connectivity index (χ1) is 13.2. The smallest absolute Gasteiger partial charge is 0.288 e. The van der Waals surface area contributed by atoms with Gasteiger partial charge in [-0.25, -0.2) is 0 Å². The molecular weight excluding hydrogens is 366 g/mol. The number of carbonyl (C=O) groups is 1. The van der Waals surface area contributed by atoms with E-state index in [-0.39, 0.29) is 18.4 Å². The van der Waals surface area contributed by atoms with Crippen LogP contribution in [0.25, 0.3) is 0 Å². The van der Waals surface area contributed by atoms with Crippen molar-refractivity contribution in [1.29, 1.82) is 0 Å². The molecule has 0 aromatic heterocycles. The molecule has 0 radical (unpaired) electrons. The summed E-state index contributed by atoms with van der Waals surface area (Å²) in [5.74, 6) is 0.384. The van der Waals surface area contributed by atoms with Crippen molar-refractivity contribution in [2.75, 3.05) is 26.3 Å². The molecule has 1 N–H and O–H groups in total. The highest BCUT2D eigenvalue weighted by Crippen LogP contribution is 2.33. The number of likely N-dealkylation sites (tertiary alicyclic amines) is 1. The maximum absolute atomic E-state index is 12.9. The first kappa shape index (κ1) is 20.2. The highest BCUT2D eigenvalue weighted by atomic mass is 35.5. The van der Waals surface area contributed by atoms with Crippen LogP contribution < -0.4 is 0 Å². The van der Waals surface area contributed by atoms with Crippen LogP contribution in [0.4, 0.5) is 0 Å². The molecule has 1 aromatic rings. The highest BCUT2D eigenvalue weighted by molar-refractivity contribution is 6.30. The van der Waals surface area contributed by atoms with Gasteiger partial charge in [-0.05, 0) is 55.9 Å². The first-order valence-electron chi connectivity index (χ1n) is 9.83. The van der Waals surface area contributed by atoms with Crippen LogP contribution in [-0.4, -0.2) is 48.5 Å². The van der Waals surface area contributed by atoms with Crippen LogP contribution in [0.15, 0.2) is 36.1 Å². The predicted octanol–water partition coefficient (Wildman–Crippen LogP) is 3.86. The third-order valence-corrected chi connectivity index (χ3v) is 5.32. The van der Waals surface area contributed by atoms with Gasteiger partial charge in [0.25, 0.3) is 5.91 Å². The molecule has 0 saturated carbocycles. The number of unbranched alkanes of at least 4 members (excludes halogenated alkanes) is 1. The van der Waals surface area contributed by atoms with Crippen molar-refractivity contribution in [3.8, 4) is 0 Å². The fraction of sp³-hybridized carbons (Fsp3) is 0.571. The molecule has 1 fully saturated rings. The van der Waals surface area contributed by atoms with Crippen molar-refractivity contribution in [3.63, 3.8) is 0 Å². The van der Waals surface area contributed by atoms with E-state index in [1.165, 1.54) is 6.42 Å². The van der Waals surface area contributed by atoms with Crippen molar-refractivity contribution < 1.29 is 19.4 Å². The standard InChI is InChI=1S/C21H28ClNO4/c22-18-8-6-16(7-9-18)17-14-19(21(25)23-10-2-1-3-11-23)27-20(15-17)26-13-5-4-12-24/h6-9,14,17,20,24H,1-5,10-13,15H2/t17-,20+/m1/s1. The monoisotopic (exact) mass is 393 g/mol. The molecule has 0 unspecified atom stereocenters. The number of allylic oxidation sites excluding steroid dienone is 1. The number of benzene rings is 1. The number of piperidine rings is 1. The summed E-state index contributed by atoms with van der Waals surface area (Å²) in [4.78, 5) is 14.8. The number of nitrogens with zero attached hydrogens (tertiary/aromatic N) is 1. The summed E-state index contributed by atoms with van der Waals surface area (Å²) >= 11 is 6.01. The molecule has 5 nitrogen and oxygen atoms in total. The second-order valence-electron chi connectivity index (χ2n) is 7.13. The Kier molecular flexibility index (Phi) is 7.56. The Morgan fingerprint density at radius 2 is 1.93 bits per heavy atom. The van der Waals surface area contributed by atoms with Crippen molar-refractivity contribution in [1.82, 2.24) is 4.90 Å². The minimum Gasteiger partial charge on any atom is -0.459 e. The van der Waals surface area contributed by atoms with Crippen LogP contribution in [0.5, 0.6) is 0 Å². The molecule has 2 heterocycles. The lowest BCUT2D eigenvalue weighted by atomic mass is 9.93. The van der Waals surface area contributed by atoms with Crippen LogP contribution in [0.2, 0.25) is 5.02 Å². The number of ether oxygens (including phenoxy) is 2. The molecule has 1 aromatic carbocycles. The number of aliphatic hydroxyl groups excluding tert-OH is 1. The zero-order valence-electron chi connectivity index (χ0n) is 15.6. The normalized spacial score (nSPS) is 22.9. The zero-order chi connectivity index (χ0) is 19.1. The Labute approximate surface area is 165 Å². The molecule has 0 spiro atoms. The van der Waals surface area contributed by atoms with Gasteiger partial charge in [-0.3, -0.25) is 4.79 Å². The number of aliphatic hydroxyl groups is 1. The Bertz CT molecular complexity index is 640. The summed E-state index contributed by atoms with van der Waals surface area (Å²) < 4.78 is 11.8. The van der Waals surface area contributed by atoms with Crippen LogP contribution in [0, 0.1) is 0 Å². The summed E-state index contributed by atoms with van der Waals surface area (Å²) in [5, 5.41) is 9.61. The Morgan fingerprint density at radius 3 is 2.63 bits per heavy atom. The number of halogens is 1. The summed E-state index contributed by atoms with van der Waals surface area (Å²) in [6, 6.07) is 7.70. The van der Waals surface area contributed by atoms with E-state index in [1.54, 1.807) is 0 Å². The summed E-state index contributed by atoms with van der Waals surface area (Å²) in [5.41, 5.74) is 1.09. The molecule has 0 bridgehead atoms. The molecular formula is C21H28ClNO4. The third-order valence-electron chi connectivity index (χ3n) is 5.07. The maximum Gasteiger partial charge on any atom is 0.288 e. The molecule has 2 aliphatic heterocycles. The Balaban J connectivity index is 1.73. The van der Waals surface area contributed by atoms with Gasteiger partial charge in [-0.1, -0.05) is 23.7 Å². The van der Waals surface area contributed by atoms with Crippen LogP contribution in [0.3, 0.4) is 0 Å². The van der Waals surface area contributed by atoms with E-state index < -0.39 is 6.29 Å². The maximum atomic E-state index is 12.9. The van der Waals surface area contributed by atoms with Crippen molar-refractivity contribution in [3.05, 3.63) is 46.7 Å². The second-order valence-corrected chi connectivity index (χ2v) is 7.56. The molecule has 1 saturated heterocycles. The van der Waals surface area contributed by atoms with E-state index in [1.807, 2.05) is 35.2 Å². The lowest BCUT2D eigenvalue weighted by molar-refractivity contribution is -0.153. The molecule has 1 amide bonds. The third kappa shape index (κ3) is 5.71. The van der Waals surface area contributed by atoms with Gasteiger partial charge in [0.15, 0.2) is 5.76 Å². The van der Waals surface area contributed by atoms with Gasteiger partial charge < -0.3 is 19.5 Å². The van der Waals surface area contributed by atoms with E-state index >= 15 is 0 Å². The van der Waals surface area contributed by atoms with Gasteiger partial charge in [-0.15, -0.1) is 0 Å². The predicted molar refractivity (Wildman–Crippen MR) is 104 cm³/mol. The largest absolute Gasteiger partial charge is 0.459 e. The summed E-state index contributed by atoms with van der Waals surface area (Å²) in [6.07, 6.45) is 6.84. The number of rotatable bonds is 7. The fourth-order valence-corrected chi connectivity index (χ4v) is 3.66. The molecule has 27 heavy (non-hydrogen) atoms. The van der Waals surface area contributed by atoms with Gasteiger partial charge >= 0.3 is 0 Å². The Hall–Kier alpha value is -1.56. The van der Waals surface area contributed by atoms with Crippen LogP contribution in [0.1, 0.15) is 50.0 Å². The molecule has 0 aliphatic carbocycles. The van der Waals surface area contributed by atoms with Crippen molar-refractivity contribution >= 4 is 17.5 Å². The average molecular weight is 394 g/mol. The van der Waals surface area contributed by atoms with E-state index in [4.69, 9.17) is 26.2 Å². The van der Waals surface area contributed by atoms with Gasteiger partial charge in [0, 0.05) is 37.1 Å². The minimum absolute atomic E-state index is 0.0441. The van der Waals surface area contributed by atoms with Gasteiger partial charge in [0.05, 0.1) is 6.61 Å². The zero-order valence-corrected chi connectivity index (χ0v) is 16.4. The lowest BCUT2D eigenvalue weighted by Crippen LogP contribution is -2.39. The molecule has 148 valence electrons. The number of hydrogen-bond acceptors (Lipinski definition) is 4. The van der Waals surface area contributed by atoms with E-state index in [9.17, 15) is 4.79 Å². The van der Waals surface area contributed by atoms with Gasteiger partial charge in [-0.2, -0.15) is 0 Å². The van der Waals surface area contributed by atoms with Gasteiger partial charge in [0.2, 0.25) is 6.29 Å². The highest BCUT2D eigenvalue weighted by Gasteiger charge is 2.31. The van der Waals surface area contributed by atoms with Crippen molar-refractivity contribution in [2.45, 2.75) is 50.7 Å². The quantitative estimate of drug-likeness (QED) is 0.715. The van der Waals surface area contributed by atoms with Crippen LogP contribution in [-0.2, 0) is 14.3 Å². The fourth-order valence-electron chi connectivity index (χ4n) is 3.53. The number of carbonyl (C=O) groups excluding carboxylic acids is 1. The molecule has 6 heteroatoms. The summed E-state index contributed by atoms with van der Waals surface area (Å²) in [7, 11) is 0. The minimum atomic E-state index is -0.460. The van der Waals surface area contributed by atoms with E-state index in [0.29, 0.717) is 30.2 Å². The Morgan fingerprint density at radius 1 is 1.19 bits per heavy atom.